The Morgan fingerprint density at radius 2 is 2.10 bits per heavy atom. The minimum absolute atomic E-state index is 0.264. The minimum atomic E-state index is -0.264. The van der Waals surface area contributed by atoms with Crippen molar-refractivity contribution in [3.8, 4) is 0 Å². The van der Waals surface area contributed by atoms with Crippen molar-refractivity contribution in [2.45, 2.75) is 16.1 Å². The molecule has 1 aliphatic heterocycles. The summed E-state index contributed by atoms with van der Waals surface area (Å²) in [6.07, 6.45) is 2.82. The van der Waals surface area contributed by atoms with Crippen molar-refractivity contribution < 1.29 is 29.2 Å². The van der Waals surface area contributed by atoms with Gasteiger partial charge in [0.15, 0.2) is 0 Å². The monoisotopic (exact) mass is 207 g/mol. The molecule has 0 unspecified atom stereocenters. The Morgan fingerprint density at radius 1 is 1.20 bits per heavy atom. The van der Waals surface area contributed by atoms with E-state index >= 15 is 0 Å². The van der Waals surface area contributed by atoms with Crippen molar-refractivity contribution in [1.82, 2.24) is 0 Å². The molecule has 0 fully saturated rings. The van der Waals surface area contributed by atoms with Gasteiger partial charge < -0.3 is 0 Å². The maximum atomic E-state index is 2.34. The van der Waals surface area contributed by atoms with E-state index in [0.717, 1.165) is 0 Å². The van der Waals surface area contributed by atoms with E-state index in [1.807, 2.05) is 0 Å². The van der Waals surface area contributed by atoms with E-state index < -0.39 is 0 Å². The van der Waals surface area contributed by atoms with E-state index in [1.54, 1.807) is 11.2 Å². The summed E-state index contributed by atoms with van der Waals surface area (Å²) < 4.78 is 3.34. The molecule has 10 heavy (non-hydrogen) atoms. The van der Waals surface area contributed by atoms with Crippen LogP contribution in [0.2, 0.25) is 3.23 Å². The van der Waals surface area contributed by atoms with Crippen molar-refractivity contribution in [1.29, 1.82) is 0 Å². The summed E-state index contributed by atoms with van der Waals surface area (Å²) in [5, 5.41) is 0. The van der Waals surface area contributed by atoms with Crippen molar-refractivity contribution in [2.75, 3.05) is 0 Å². The number of hydrogen-bond donors (Lipinski definition) is 0. The van der Waals surface area contributed by atoms with E-state index in [1.165, 1.54) is 12.8 Å². The molecule has 0 N–H and O–H groups in total. The quantitative estimate of drug-likeness (QED) is 0.608. The number of hydrogen-bond acceptors (Lipinski definition) is 0. The molecule has 1 heterocycles. The molecule has 0 atom stereocenters. The zero-order valence-corrected chi connectivity index (χ0v) is 8.85. The average Bonchev–Trinajstić information content (AvgIpc) is 2.05. The zero-order valence-electron chi connectivity index (χ0n) is 6.01. The summed E-state index contributed by atoms with van der Waals surface area (Å²) in [5.41, 5.74) is 1.66. The molecule has 0 saturated heterocycles. The van der Waals surface area contributed by atoms with Gasteiger partial charge in [0.25, 0.3) is 0 Å². The first-order valence-electron chi connectivity index (χ1n) is 3.88. The Labute approximate surface area is 77.0 Å². The second-order valence-corrected chi connectivity index (χ2v) is 6.75. The van der Waals surface area contributed by atoms with Crippen molar-refractivity contribution in [3.05, 3.63) is 29.8 Å². The molecule has 1 aliphatic rings. The van der Waals surface area contributed by atoms with Gasteiger partial charge in [-0.15, -0.1) is 0 Å². The molecular formula is C9H10Y. The third-order valence-corrected chi connectivity index (χ3v) is 6.25. The number of fused-ring (bicyclic) bond motifs is 1. The number of benzene rings is 1. The molecule has 1 heteroatoms. The van der Waals surface area contributed by atoms with E-state index in [4.69, 9.17) is 0 Å². The van der Waals surface area contributed by atoms with Gasteiger partial charge in [0.2, 0.25) is 0 Å². The van der Waals surface area contributed by atoms with Crippen LogP contribution in [0.3, 0.4) is 0 Å². The first-order chi connectivity index (χ1) is 4.97. The second kappa shape index (κ2) is 3.15. The molecular weight excluding hydrogens is 197 g/mol. The Hall–Kier alpha value is 0.324. The van der Waals surface area contributed by atoms with Crippen LogP contribution in [0, 0.1) is 0 Å². The van der Waals surface area contributed by atoms with Crippen molar-refractivity contribution >= 4 is 2.37 Å². The first kappa shape index (κ1) is 7.00. The summed E-state index contributed by atoms with van der Waals surface area (Å²) >= 11 is -0.264. The van der Waals surface area contributed by atoms with Gasteiger partial charge >= 0.3 is 77.5 Å². The van der Waals surface area contributed by atoms with Crippen LogP contribution in [0.25, 0.3) is 0 Å². The Bertz CT molecular complexity index is 205. The van der Waals surface area contributed by atoms with E-state index in [2.05, 4.69) is 24.3 Å². The summed E-state index contributed by atoms with van der Waals surface area (Å²) in [5.74, 6) is 0. The SMILES string of the molecule is c1cc[c]2c(c1)CC[CH2][Y]2. The molecule has 0 spiro atoms. The molecule has 1 aromatic rings. The van der Waals surface area contributed by atoms with Crippen molar-refractivity contribution in [2.24, 2.45) is 0 Å². The molecule has 0 saturated carbocycles. The molecule has 0 aliphatic carbocycles. The molecule has 2 rings (SSSR count). The molecule has 0 aromatic heterocycles. The Morgan fingerprint density at radius 3 is 3.00 bits per heavy atom. The fourth-order valence-electron chi connectivity index (χ4n) is 1.51. The topological polar surface area (TPSA) is 0 Å². The summed E-state index contributed by atoms with van der Waals surface area (Å²) in [6, 6.07) is 9.01. The predicted octanol–water partition coefficient (Wildman–Crippen LogP) is 1.76. The fourth-order valence-corrected chi connectivity index (χ4v) is 5.12. The first-order valence-corrected chi connectivity index (χ1v) is 7.30. The number of aryl methyl sites for hydroxylation is 1. The van der Waals surface area contributed by atoms with Gasteiger partial charge in [0.1, 0.15) is 0 Å². The van der Waals surface area contributed by atoms with Crippen LogP contribution in [0.5, 0.6) is 0 Å². The van der Waals surface area contributed by atoms with Gasteiger partial charge in [-0.05, 0) is 0 Å². The third kappa shape index (κ3) is 1.33. The van der Waals surface area contributed by atoms with Gasteiger partial charge in [-0.3, -0.25) is 0 Å². The van der Waals surface area contributed by atoms with Crippen molar-refractivity contribution in [3.63, 3.8) is 0 Å². The normalized spacial score (nSPS) is 14.8. The van der Waals surface area contributed by atoms with E-state index in [-0.39, 0.29) is 29.2 Å². The average molecular weight is 207 g/mol. The maximum absolute atomic E-state index is 2.34. The summed E-state index contributed by atoms with van der Waals surface area (Å²) in [6.45, 7) is 0. The van der Waals surface area contributed by atoms with Crippen LogP contribution in [0.4, 0.5) is 0 Å². The van der Waals surface area contributed by atoms with Crippen LogP contribution < -0.4 is 2.37 Å². The summed E-state index contributed by atoms with van der Waals surface area (Å²) in [7, 11) is 0. The van der Waals surface area contributed by atoms with Gasteiger partial charge in [0, 0.05) is 0 Å². The zero-order chi connectivity index (χ0) is 6.81. The Balaban J connectivity index is 2.41. The van der Waals surface area contributed by atoms with Crippen LogP contribution in [0.1, 0.15) is 12.0 Å². The van der Waals surface area contributed by atoms with Crippen LogP contribution in [0.15, 0.2) is 24.3 Å². The molecule has 0 amide bonds. The van der Waals surface area contributed by atoms with Crippen LogP contribution >= 0.6 is 0 Å². The van der Waals surface area contributed by atoms with Gasteiger partial charge in [-0.1, -0.05) is 0 Å². The Kier molecular flexibility index (Phi) is 2.20. The molecule has 0 bridgehead atoms. The molecule has 0 radical (unpaired) electrons. The van der Waals surface area contributed by atoms with Crippen LogP contribution in [-0.2, 0) is 35.6 Å². The van der Waals surface area contributed by atoms with Gasteiger partial charge in [-0.2, -0.15) is 0 Å². The predicted molar refractivity (Wildman–Crippen MR) is 39.2 cm³/mol. The van der Waals surface area contributed by atoms with Crippen LogP contribution in [-0.4, -0.2) is 0 Å². The summed E-state index contributed by atoms with van der Waals surface area (Å²) in [4.78, 5) is 0. The second-order valence-electron chi connectivity index (χ2n) is 2.80. The van der Waals surface area contributed by atoms with E-state index in [0.29, 0.717) is 0 Å². The standard InChI is InChI=1S/C9H10.Y/c1-2-6-9-7-4-3-5-8-9;/h3-5,7H,1-2,6H2;. The van der Waals surface area contributed by atoms with Gasteiger partial charge in [0.05, 0.1) is 0 Å². The molecule has 0 nitrogen and oxygen atoms in total. The molecule has 1 aromatic carbocycles. The van der Waals surface area contributed by atoms with E-state index in [9.17, 15) is 0 Å². The number of rotatable bonds is 0. The van der Waals surface area contributed by atoms with Gasteiger partial charge in [-0.25, -0.2) is 0 Å². The molecule has 49 valence electrons. The third-order valence-electron chi connectivity index (χ3n) is 2.07. The fraction of sp³-hybridized carbons (Fsp3) is 0.333.